The average molecular weight is 413 g/mol. The van der Waals surface area contributed by atoms with E-state index in [0.717, 1.165) is 0 Å². The van der Waals surface area contributed by atoms with Gasteiger partial charge < -0.3 is 30.2 Å². The second-order valence-corrected chi connectivity index (χ2v) is 6.75. The largest absolute Gasteiger partial charge is 0.496 e. The standard InChI is InChI=1S/C21H23N3O4S/c1-12-18(20(25)23-13-8-6-5-7-9-13)19(24-21(29)22-12)14-10-16(27-3)17(28-4)11-15(14)26-2/h5-11,19H,1-4H3,(H,23,25)(H2,22,24,29). The van der Waals surface area contributed by atoms with E-state index >= 15 is 0 Å². The minimum absolute atomic E-state index is 0.252. The van der Waals surface area contributed by atoms with Crippen molar-refractivity contribution in [1.29, 1.82) is 0 Å². The summed E-state index contributed by atoms with van der Waals surface area (Å²) in [6.45, 7) is 1.81. The summed E-state index contributed by atoms with van der Waals surface area (Å²) in [7, 11) is 4.67. The number of hydrogen-bond acceptors (Lipinski definition) is 5. The van der Waals surface area contributed by atoms with Crippen molar-refractivity contribution >= 4 is 28.9 Å². The predicted octanol–water partition coefficient (Wildman–Crippen LogP) is 3.14. The maximum atomic E-state index is 13.2. The molecular weight excluding hydrogens is 390 g/mol. The topological polar surface area (TPSA) is 80.9 Å². The minimum atomic E-state index is -0.540. The van der Waals surface area contributed by atoms with E-state index in [4.69, 9.17) is 26.4 Å². The van der Waals surface area contributed by atoms with E-state index in [1.807, 2.05) is 37.3 Å². The van der Waals surface area contributed by atoms with Crippen LogP contribution in [0, 0.1) is 0 Å². The van der Waals surface area contributed by atoms with Crippen molar-refractivity contribution in [2.24, 2.45) is 0 Å². The lowest BCUT2D eigenvalue weighted by Gasteiger charge is -2.31. The molecule has 0 bridgehead atoms. The zero-order valence-corrected chi connectivity index (χ0v) is 17.5. The first-order chi connectivity index (χ1) is 14.0. The normalized spacial score (nSPS) is 15.9. The smallest absolute Gasteiger partial charge is 0.255 e. The van der Waals surface area contributed by atoms with Crippen molar-refractivity contribution in [1.82, 2.24) is 10.6 Å². The third-order valence-electron chi connectivity index (χ3n) is 4.59. The Hall–Kier alpha value is -3.26. The van der Waals surface area contributed by atoms with Gasteiger partial charge >= 0.3 is 0 Å². The van der Waals surface area contributed by atoms with Crippen LogP contribution < -0.4 is 30.2 Å². The number of ether oxygens (including phenoxy) is 3. The number of carbonyl (C=O) groups is 1. The van der Waals surface area contributed by atoms with Gasteiger partial charge in [0.15, 0.2) is 16.6 Å². The van der Waals surface area contributed by atoms with Crippen molar-refractivity contribution in [2.45, 2.75) is 13.0 Å². The molecular formula is C21H23N3O4S. The Labute approximate surface area is 175 Å². The molecule has 1 unspecified atom stereocenters. The second-order valence-electron chi connectivity index (χ2n) is 6.34. The highest BCUT2D eigenvalue weighted by Gasteiger charge is 2.32. The molecule has 0 spiro atoms. The van der Waals surface area contributed by atoms with E-state index in [2.05, 4.69) is 16.0 Å². The molecule has 0 radical (unpaired) electrons. The van der Waals surface area contributed by atoms with Crippen LogP contribution in [0.5, 0.6) is 17.2 Å². The zero-order valence-electron chi connectivity index (χ0n) is 16.7. The quantitative estimate of drug-likeness (QED) is 0.628. The number of benzene rings is 2. The number of hydrogen-bond donors (Lipinski definition) is 3. The molecule has 1 aliphatic heterocycles. The van der Waals surface area contributed by atoms with Crippen molar-refractivity contribution in [3.63, 3.8) is 0 Å². The Kier molecular flexibility index (Phi) is 6.23. The van der Waals surface area contributed by atoms with Crippen molar-refractivity contribution in [3.8, 4) is 17.2 Å². The van der Waals surface area contributed by atoms with Crippen molar-refractivity contribution in [3.05, 3.63) is 59.3 Å². The fourth-order valence-electron chi connectivity index (χ4n) is 3.23. The molecule has 2 aromatic carbocycles. The predicted molar refractivity (Wildman–Crippen MR) is 115 cm³/mol. The summed E-state index contributed by atoms with van der Waals surface area (Å²) in [5.74, 6) is 1.34. The summed E-state index contributed by atoms with van der Waals surface area (Å²) < 4.78 is 16.4. The van der Waals surface area contributed by atoms with Gasteiger partial charge in [-0.05, 0) is 37.3 Å². The number of methoxy groups -OCH3 is 3. The van der Waals surface area contributed by atoms with Gasteiger partial charge in [-0.1, -0.05) is 18.2 Å². The van der Waals surface area contributed by atoms with Gasteiger partial charge in [-0.2, -0.15) is 0 Å². The molecule has 8 heteroatoms. The van der Waals surface area contributed by atoms with E-state index in [-0.39, 0.29) is 5.91 Å². The fraction of sp³-hybridized carbons (Fsp3) is 0.238. The molecule has 1 heterocycles. The van der Waals surface area contributed by atoms with Gasteiger partial charge in [0.2, 0.25) is 0 Å². The highest BCUT2D eigenvalue weighted by molar-refractivity contribution is 7.80. The number of amides is 1. The lowest BCUT2D eigenvalue weighted by molar-refractivity contribution is -0.113. The van der Waals surface area contributed by atoms with Crippen LogP contribution in [-0.4, -0.2) is 32.3 Å². The number of anilines is 1. The molecule has 3 N–H and O–H groups in total. The average Bonchev–Trinajstić information content (AvgIpc) is 2.72. The summed E-state index contributed by atoms with van der Waals surface area (Å²) in [6.07, 6.45) is 0. The lowest BCUT2D eigenvalue weighted by Crippen LogP contribution is -2.45. The van der Waals surface area contributed by atoms with Crippen LogP contribution >= 0.6 is 12.2 Å². The third kappa shape index (κ3) is 4.27. The SMILES string of the molecule is COc1cc(OC)c(C2NC(=S)NC(C)=C2C(=O)Nc2ccccc2)cc1OC. The summed E-state index contributed by atoms with van der Waals surface area (Å²) in [5.41, 5.74) is 2.55. The molecule has 0 fully saturated rings. The minimum Gasteiger partial charge on any atom is -0.496 e. The van der Waals surface area contributed by atoms with E-state index in [0.29, 0.717) is 44.9 Å². The number of thiocarbonyl (C=S) groups is 1. The maximum absolute atomic E-state index is 13.2. The van der Waals surface area contributed by atoms with Gasteiger partial charge in [-0.15, -0.1) is 0 Å². The van der Waals surface area contributed by atoms with Crippen LogP contribution in [0.4, 0.5) is 5.69 Å². The molecule has 1 aliphatic rings. The summed E-state index contributed by atoms with van der Waals surface area (Å²) in [6, 6.07) is 12.2. The zero-order chi connectivity index (χ0) is 21.0. The number of para-hydroxylation sites is 1. The van der Waals surface area contributed by atoms with Gasteiger partial charge in [0.25, 0.3) is 5.91 Å². The molecule has 0 saturated heterocycles. The van der Waals surface area contributed by atoms with E-state index in [1.54, 1.807) is 33.5 Å². The Balaban J connectivity index is 2.07. The Morgan fingerprint density at radius 3 is 2.24 bits per heavy atom. The van der Waals surface area contributed by atoms with Crippen LogP contribution in [-0.2, 0) is 4.79 Å². The molecule has 1 atom stereocenters. The molecule has 152 valence electrons. The molecule has 3 rings (SSSR count). The Bertz CT molecular complexity index is 960. The molecule has 0 aliphatic carbocycles. The third-order valence-corrected chi connectivity index (χ3v) is 4.81. The van der Waals surface area contributed by atoms with Crippen LogP contribution in [0.15, 0.2) is 53.7 Å². The van der Waals surface area contributed by atoms with Gasteiger partial charge in [0.05, 0.1) is 32.9 Å². The van der Waals surface area contributed by atoms with Crippen LogP contribution in [0.2, 0.25) is 0 Å². The van der Waals surface area contributed by atoms with Crippen LogP contribution in [0.1, 0.15) is 18.5 Å². The van der Waals surface area contributed by atoms with Gasteiger partial charge in [0.1, 0.15) is 5.75 Å². The molecule has 1 amide bonds. The van der Waals surface area contributed by atoms with E-state index in [1.165, 1.54) is 0 Å². The van der Waals surface area contributed by atoms with Crippen molar-refractivity contribution in [2.75, 3.05) is 26.6 Å². The molecule has 0 aromatic heterocycles. The number of nitrogens with one attached hydrogen (secondary N) is 3. The molecule has 29 heavy (non-hydrogen) atoms. The fourth-order valence-corrected chi connectivity index (χ4v) is 3.50. The van der Waals surface area contributed by atoms with E-state index < -0.39 is 6.04 Å². The lowest BCUT2D eigenvalue weighted by atomic mass is 9.93. The number of allylic oxidation sites excluding steroid dienone is 1. The van der Waals surface area contributed by atoms with Crippen molar-refractivity contribution < 1.29 is 19.0 Å². The van der Waals surface area contributed by atoms with Crippen LogP contribution in [0.3, 0.4) is 0 Å². The highest BCUT2D eigenvalue weighted by Crippen LogP contribution is 2.40. The van der Waals surface area contributed by atoms with Gasteiger partial charge in [-0.25, -0.2) is 0 Å². The first-order valence-corrected chi connectivity index (χ1v) is 9.34. The van der Waals surface area contributed by atoms with Gasteiger partial charge in [-0.3, -0.25) is 4.79 Å². The van der Waals surface area contributed by atoms with Gasteiger partial charge in [0, 0.05) is 23.0 Å². The summed E-state index contributed by atoms with van der Waals surface area (Å²) in [5, 5.41) is 9.54. The molecule has 0 saturated carbocycles. The summed E-state index contributed by atoms with van der Waals surface area (Å²) >= 11 is 5.33. The highest BCUT2D eigenvalue weighted by atomic mass is 32.1. The van der Waals surface area contributed by atoms with Crippen LogP contribution in [0.25, 0.3) is 0 Å². The first kappa shape index (κ1) is 20.5. The maximum Gasteiger partial charge on any atom is 0.255 e. The monoisotopic (exact) mass is 413 g/mol. The molecule has 2 aromatic rings. The summed E-state index contributed by atoms with van der Waals surface area (Å²) in [4.78, 5) is 13.2. The number of rotatable bonds is 6. The Morgan fingerprint density at radius 2 is 1.62 bits per heavy atom. The Morgan fingerprint density at radius 1 is 1.00 bits per heavy atom. The number of carbonyl (C=O) groups excluding carboxylic acids is 1. The first-order valence-electron chi connectivity index (χ1n) is 8.93. The van der Waals surface area contributed by atoms with E-state index in [9.17, 15) is 4.79 Å². The second kappa shape index (κ2) is 8.83. The molecule has 7 nitrogen and oxygen atoms in total.